The van der Waals surface area contributed by atoms with E-state index in [0.717, 1.165) is 36.5 Å². The van der Waals surface area contributed by atoms with Gasteiger partial charge in [-0.3, -0.25) is 4.79 Å². The molecule has 1 fully saturated rings. The van der Waals surface area contributed by atoms with E-state index in [4.69, 9.17) is 9.72 Å². The number of methoxy groups -OCH3 is 1. The van der Waals surface area contributed by atoms with Gasteiger partial charge in [-0.05, 0) is 44.0 Å². The second-order valence-corrected chi connectivity index (χ2v) is 7.47. The van der Waals surface area contributed by atoms with Gasteiger partial charge in [0.2, 0.25) is 0 Å². The van der Waals surface area contributed by atoms with E-state index in [1.54, 1.807) is 7.11 Å². The fourth-order valence-electron chi connectivity index (χ4n) is 3.92. The molecule has 148 valence electrons. The number of piperidine rings is 1. The Kier molecular flexibility index (Phi) is 5.56. The molecule has 0 unspecified atom stereocenters. The van der Waals surface area contributed by atoms with Gasteiger partial charge in [0.15, 0.2) is 5.82 Å². The number of benzene rings is 2. The Labute approximate surface area is 171 Å². The van der Waals surface area contributed by atoms with E-state index < -0.39 is 0 Å². The second kappa shape index (κ2) is 8.43. The van der Waals surface area contributed by atoms with Gasteiger partial charge in [0.25, 0.3) is 5.91 Å². The number of para-hydroxylation sites is 1. The van der Waals surface area contributed by atoms with E-state index in [2.05, 4.69) is 24.0 Å². The van der Waals surface area contributed by atoms with Crippen molar-refractivity contribution >= 4 is 5.91 Å². The third kappa shape index (κ3) is 4.14. The van der Waals surface area contributed by atoms with Gasteiger partial charge in [-0.1, -0.05) is 35.9 Å². The number of amides is 1. The van der Waals surface area contributed by atoms with Crippen LogP contribution in [0.4, 0.5) is 0 Å². The van der Waals surface area contributed by atoms with Crippen molar-refractivity contribution in [3.8, 4) is 17.1 Å². The molecule has 0 bridgehead atoms. The molecule has 1 amide bonds. The van der Waals surface area contributed by atoms with Crippen LogP contribution in [-0.2, 0) is 0 Å². The first-order valence-electron chi connectivity index (χ1n) is 9.98. The number of carbonyl (C=O) groups excluding carboxylic acids is 1. The van der Waals surface area contributed by atoms with Gasteiger partial charge in [-0.25, -0.2) is 9.97 Å². The van der Waals surface area contributed by atoms with E-state index >= 15 is 0 Å². The average molecular weight is 387 g/mol. The first-order chi connectivity index (χ1) is 14.2. The third-order valence-corrected chi connectivity index (χ3v) is 5.42. The summed E-state index contributed by atoms with van der Waals surface area (Å²) in [6.07, 6.45) is 3.79. The maximum atomic E-state index is 13.1. The molecule has 1 atom stereocenters. The zero-order valence-electron chi connectivity index (χ0n) is 16.8. The summed E-state index contributed by atoms with van der Waals surface area (Å²) in [5, 5.41) is 0. The number of likely N-dealkylation sites (tertiary alicyclic amines) is 1. The molecular formula is C24H25N3O2. The molecule has 0 N–H and O–H groups in total. The molecule has 0 aliphatic carbocycles. The van der Waals surface area contributed by atoms with Crippen molar-refractivity contribution in [3.05, 3.63) is 77.6 Å². The van der Waals surface area contributed by atoms with E-state index in [0.29, 0.717) is 17.9 Å². The minimum absolute atomic E-state index is 0.0140. The highest BCUT2D eigenvalue weighted by Gasteiger charge is 2.28. The summed E-state index contributed by atoms with van der Waals surface area (Å²) >= 11 is 0. The quantitative estimate of drug-likeness (QED) is 0.662. The maximum absolute atomic E-state index is 13.1. The van der Waals surface area contributed by atoms with Crippen LogP contribution in [0.5, 0.6) is 5.75 Å². The lowest BCUT2D eigenvalue weighted by atomic mass is 9.94. The summed E-state index contributed by atoms with van der Waals surface area (Å²) in [5.74, 6) is 1.57. The van der Waals surface area contributed by atoms with E-state index in [1.807, 2.05) is 53.6 Å². The molecule has 5 nitrogen and oxygen atoms in total. The number of nitrogens with zero attached hydrogens (tertiary/aromatic N) is 3. The predicted molar refractivity (Wildman–Crippen MR) is 113 cm³/mol. The molecule has 1 saturated heterocycles. The summed E-state index contributed by atoms with van der Waals surface area (Å²) < 4.78 is 5.37. The average Bonchev–Trinajstić information content (AvgIpc) is 2.79. The number of hydrogen-bond donors (Lipinski definition) is 0. The SMILES string of the molecule is COc1ccccc1C(=O)N1CCC[C@@H](c2ccnc(-c3cccc(C)c3)n2)C1. The first-order valence-corrected chi connectivity index (χ1v) is 9.98. The van der Waals surface area contributed by atoms with Gasteiger partial charge in [0, 0.05) is 36.5 Å². The zero-order chi connectivity index (χ0) is 20.2. The molecule has 2 heterocycles. The first kappa shape index (κ1) is 19.1. The number of ether oxygens (including phenoxy) is 1. The molecule has 2 aromatic carbocycles. The molecular weight excluding hydrogens is 362 g/mol. The number of rotatable bonds is 4. The van der Waals surface area contributed by atoms with Crippen molar-refractivity contribution in [1.29, 1.82) is 0 Å². The lowest BCUT2D eigenvalue weighted by Gasteiger charge is -2.33. The Morgan fingerprint density at radius 1 is 1.14 bits per heavy atom. The number of carbonyl (C=O) groups is 1. The smallest absolute Gasteiger partial charge is 0.257 e. The molecule has 0 radical (unpaired) electrons. The molecule has 3 aromatic rings. The van der Waals surface area contributed by atoms with Crippen molar-refractivity contribution in [1.82, 2.24) is 14.9 Å². The second-order valence-electron chi connectivity index (χ2n) is 7.47. The minimum atomic E-state index is 0.0140. The molecule has 0 saturated carbocycles. The summed E-state index contributed by atoms with van der Waals surface area (Å²) in [4.78, 5) is 24.3. The Bertz CT molecular complexity index is 1020. The van der Waals surface area contributed by atoms with E-state index in [-0.39, 0.29) is 11.8 Å². The molecule has 1 aromatic heterocycles. The van der Waals surface area contributed by atoms with Gasteiger partial charge in [-0.2, -0.15) is 0 Å². The van der Waals surface area contributed by atoms with Crippen LogP contribution in [0, 0.1) is 6.92 Å². The topological polar surface area (TPSA) is 55.3 Å². The van der Waals surface area contributed by atoms with Gasteiger partial charge in [0.05, 0.1) is 12.7 Å². The van der Waals surface area contributed by atoms with Crippen molar-refractivity contribution in [2.24, 2.45) is 0 Å². The highest BCUT2D eigenvalue weighted by atomic mass is 16.5. The van der Waals surface area contributed by atoms with Gasteiger partial charge < -0.3 is 9.64 Å². The third-order valence-electron chi connectivity index (χ3n) is 5.42. The Morgan fingerprint density at radius 2 is 2.00 bits per heavy atom. The molecule has 0 spiro atoms. The van der Waals surface area contributed by atoms with Crippen LogP contribution in [0.15, 0.2) is 60.8 Å². The monoisotopic (exact) mass is 387 g/mol. The highest BCUT2D eigenvalue weighted by Crippen LogP contribution is 2.29. The number of aryl methyl sites for hydroxylation is 1. The molecule has 1 aliphatic heterocycles. The van der Waals surface area contributed by atoms with Gasteiger partial charge in [0.1, 0.15) is 5.75 Å². The summed E-state index contributed by atoms with van der Waals surface area (Å²) in [6, 6.07) is 17.6. The van der Waals surface area contributed by atoms with Gasteiger partial charge >= 0.3 is 0 Å². The van der Waals surface area contributed by atoms with Crippen LogP contribution in [0.1, 0.15) is 40.4 Å². The van der Waals surface area contributed by atoms with E-state index in [9.17, 15) is 4.79 Å². The lowest BCUT2D eigenvalue weighted by molar-refractivity contribution is 0.0702. The van der Waals surface area contributed by atoms with Crippen LogP contribution in [0.25, 0.3) is 11.4 Å². The molecule has 1 aliphatic rings. The molecule has 29 heavy (non-hydrogen) atoms. The Balaban J connectivity index is 1.56. The highest BCUT2D eigenvalue weighted by molar-refractivity contribution is 5.97. The summed E-state index contributed by atoms with van der Waals surface area (Å²) in [5.41, 5.74) is 3.81. The maximum Gasteiger partial charge on any atom is 0.257 e. The van der Waals surface area contributed by atoms with Crippen molar-refractivity contribution in [2.75, 3.05) is 20.2 Å². The fraction of sp³-hybridized carbons (Fsp3) is 0.292. The van der Waals surface area contributed by atoms with Crippen LogP contribution >= 0.6 is 0 Å². The minimum Gasteiger partial charge on any atom is -0.496 e. The van der Waals surface area contributed by atoms with Crippen molar-refractivity contribution in [2.45, 2.75) is 25.7 Å². The van der Waals surface area contributed by atoms with E-state index in [1.165, 1.54) is 5.56 Å². The molecule has 4 rings (SSSR count). The summed E-state index contributed by atoms with van der Waals surface area (Å²) in [6.45, 7) is 3.47. The fourth-order valence-corrected chi connectivity index (χ4v) is 3.92. The van der Waals surface area contributed by atoms with Crippen LogP contribution in [0.2, 0.25) is 0 Å². The normalized spacial score (nSPS) is 16.5. The van der Waals surface area contributed by atoms with Crippen LogP contribution in [-0.4, -0.2) is 41.0 Å². The Morgan fingerprint density at radius 3 is 2.83 bits per heavy atom. The predicted octanol–water partition coefficient (Wildman–Crippen LogP) is 4.48. The van der Waals surface area contributed by atoms with Crippen molar-refractivity contribution in [3.63, 3.8) is 0 Å². The van der Waals surface area contributed by atoms with Gasteiger partial charge in [-0.15, -0.1) is 0 Å². The Hall–Kier alpha value is -3.21. The number of aromatic nitrogens is 2. The largest absolute Gasteiger partial charge is 0.496 e. The number of hydrogen-bond acceptors (Lipinski definition) is 4. The summed E-state index contributed by atoms with van der Waals surface area (Å²) in [7, 11) is 1.60. The van der Waals surface area contributed by atoms with Crippen molar-refractivity contribution < 1.29 is 9.53 Å². The lowest BCUT2D eigenvalue weighted by Crippen LogP contribution is -2.39. The van der Waals surface area contributed by atoms with Crippen LogP contribution < -0.4 is 4.74 Å². The molecule has 5 heteroatoms. The zero-order valence-corrected chi connectivity index (χ0v) is 16.8. The standard InChI is InChI=1S/C24H25N3O2/c1-17-7-5-8-18(15-17)23-25-13-12-21(26-23)19-9-6-14-27(16-19)24(28)20-10-3-4-11-22(20)29-2/h3-5,7-8,10-13,15,19H,6,9,14,16H2,1-2H3/t19-/m1/s1. The van der Waals surface area contributed by atoms with Crippen LogP contribution in [0.3, 0.4) is 0 Å².